The summed E-state index contributed by atoms with van der Waals surface area (Å²) in [6.45, 7) is 1.73. The predicted molar refractivity (Wildman–Crippen MR) is 94.3 cm³/mol. The second-order valence-electron chi connectivity index (χ2n) is 6.77. The fraction of sp³-hybridized carbons (Fsp3) is 0.350. The molecule has 0 saturated heterocycles. The van der Waals surface area contributed by atoms with Crippen molar-refractivity contribution in [2.45, 2.75) is 32.2 Å². The number of amides is 1. The van der Waals surface area contributed by atoms with Gasteiger partial charge in [-0.05, 0) is 37.5 Å². The summed E-state index contributed by atoms with van der Waals surface area (Å²) in [5.74, 6) is -0.0102. The number of nitrogens with zero attached hydrogens (tertiary/aromatic N) is 2. The van der Waals surface area contributed by atoms with Crippen LogP contribution >= 0.6 is 0 Å². The van der Waals surface area contributed by atoms with E-state index in [4.69, 9.17) is 9.15 Å². The van der Waals surface area contributed by atoms with Gasteiger partial charge < -0.3 is 9.15 Å². The molecule has 6 nitrogen and oxygen atoms in total. The highest BCUT2D eigenvalue weighted by Crippen LogP contribution is 2.33. The number of hydrogen-bond acceptors (Lipinski definition) is 5. The summed E-state index contributed by atoms with van der Waals surface area (Å²) in [4.78, 5) is 24.3. The summed E-state index contributed by atoms with van der Waals surface area (Å²) >= 11 is 0. The van der Waals surface area contributed by atoms with Gasteiger partial charge in [-0.25, -0.2) is 5.01 Å². The molecule has 1 aromatic carbocycles. The highest BCUT2D eigenvalue weighted by molar-refractivity contribution is 6.03. The van der Waals surface area contributed by atoms with E-state index in [9.17, 15) is 9.59 Å². The van der Waals surface area contributed by atoms with Gasteiger partial charge in [0.1, 0.15) is 11.8 Å². The Kier molecular flexibility index (Phi) is 4.32. The topological polar surface area (TPSA) is 72.1 Å². The smallest absolute Gasteiger partial charge is 0.309 e. The number of hydrogen-bond donors (Lipinski definition) is 0. The number of aryl methyl sites for hydroxylation is 1. The average molecular weight is 352 g/mol. The van der Waals surface area contributed by atoms with E-state index in [2.05, 4.69) is 5.10 Å². The number of carbonyl (C=O) groups is 2. The van der Waals surface area contributed by atoms with E-state index in [1.807, 2.05) is 37.3 Å². The number of ether oxygens (including phenoxy) is 1. The SMILES string of the molecule is Cc1ccc(C2=NN(C(=O)COC(=O)C3CC3)[C@@H](c3ccco3)C2)cc1. The summed E-state index contributed by atoms with van der Waals surface area (Å²) < 4.78 is 10.6. The Morgan fingerprint density at radius 1 is 1.23 bits per heavy atom. The molecule has 1 aliphatic carbocycles. The molecule has 1 amide bonds. The second kappa shape index (κ2) is 6.78. The number of benzene rings is 1. The van der Waals surface area contributed by atoms with Crippen molar-refractivity contribution >= 4 is 17.6 Å². The Balaban J connectivity index is 1.53. The molecule has 4 rings (SSSR count). The van der Waals surface area contributed by atoms with E-state index in [-0.39, 0.29) is 30.4 Å². The quantitative estimate of drug-likeness (QED) is 0.775. The van der Waals surface area contributed by atoms with E-state index in [0.29, 0.717) is 12.2 Å². The third-order valence-electron chi connectivity index (χ3n) is 4.67. The number of esters is 1. The van der Waals surface area contributed by atoms with Crippen LogP contribution < -0.4 is 0 Å². The molecule has 26 heavy (non-hydrogen) atoms. The third kappa shape index (κ3) is 3.40. The van der Waals surface area contributed by atoms with Gasteiger partial charge in [0.15, 0.2) is 6.61 Å². The van der Waals surface area contributed by atoms with Crippen LogP contribution in [0.5, 0.6) is 0 Å². The predicted octanol–water partition coefficient (Wildman–Crippen LogP) is 3.22. The van der Waals surface area contributed by atoms with Gasteiger partial charge in [0.25, 0.3) is 5.91 Å². The molecule has 0 spiro atoms. The molecule has 0 bridgehead atoms. The summed E-state index contributed by atoms with van der Waals surface area (Å²) in [5, 5.41) is 5.90. The molecule has 2 heterocycles. The lowest BCUT2D eigenvalue weighted by Crippen LogP contribution is -2.31. The molecular weight excluding hydrogens is 332 g/mol. The van der Waals surface area contributed by atoms with Crippen LogP contribution in [0.3, 0.4) is 0 Å². The Morgan fingerprint density at radius 2 is 2.00 bits per heavy atom. The van der Waals surface area contributed by atoms with Crippen molar-refractivity contribution in [2.24, 2.45) is 11.0 Å². The molecule has 0 radical (unpaired) electrons. The maximum absolute atomic E-state index is 12.6. The lowest BCUT2D eigenvalue weighted by atomic mass is 10.0. The molecule has 1 aromatic heterocycles. The Bertz CT molecular complexity index is 835. The first kappa shape index (κ1) is 16.6. The zero-order valence-corrected chi connectivity index (χ0v) is 14.6. The molecular formula is C20H20N2O4. The van der Waals surface area contributed by atoms with Crippen molar-refractivity contribution in [3.05, 3.63) is 59.5 Å². The first-order valence-corrected chi connectivity index (χ1v) is 8.78. The van der Waals surface area contributed by atoms with E-state index < -0.39 is 0 Å². The van der Waals surface area contributed by atoms with Gasteiger partial charge in [-0.15, -0.1) is 0 Å². The lowest BCUT2D eigenvalue weighted by Gasteiger charge is -2.19. The van der Waals surface area contributed by atoms with Crippen LogP contribution in [0.2, 0.25) is 0 Å². The fourth-order valence-corrected chi connectivity index (χ4v) is 3.00. The monoisotopic (exact) mass is 352 g/mol. The number of carbonyl (C=O) groups excluding carboxylic acids is 2. The third-order valence-corrected chi connectivity index (χ3v) is 4.67. The van der Waals surface area contributed by atoms with E-state index in [1.165, 1.54) is 5.01 Å². The van der Waals surface area contributed by atoms with E-state index in [0.717, 1.165) is 29.7 Å². The molecule has 0 unspecified atom stereocenters. The molecule has 1 fully saturated rings. The van der Waals surface area contributed by atoms with Crippen LogP contribution in [0.4, 0.5) is 0 Å². The highest BCUT2D eigenvalue weighted by atomic mass is 16.5. The normalized spacial score (nSPS) is 19.3. The van der Waals surface area contributed by atoms with Crippen LogP contribution in [0.25, 0.3) is 0 Å². The zero-order chi connectivity index (χ0) is 18.1. The molecule has 134 valence electrons. The molecule has 6 heteroatoms. The zero-order valence-electron chi connectivity index (χ0n) is 14.6. The van der Waals surface area contributed by atoms with Gasteiger partial charge in [0.05, 0.1) is 17.9 Å². The van der Waals surface area contributed by atoms with Crippen molar-refractivity contribution in [1.82, 2.24) is 5.01 Å². The lowest BCUT2D eigenvalue weighted by molar-refractivity contribution is -0.154. The molecule has 1 aliphatic heterocycles. The van der Waals surface area contributed by atoms with Gasteiger partial charge in [-0.2, -0.15) is 5.10 Å². The maximum atomic E-state index is 12.6. The minimum Gasteiger partial charge on any atom is -0.467 e. The van der Waals surface area contributed by atoms with E-state index in [1.54, 1.807) is 12.3 Å². The minimum absolute atomic E-state index is 0.0335. The van der Waals surface area contributed by atoms with Gasteiger partial charge in [-0.1, -0.05) is 29.8 Å². The fourth-order valence-electron chi connectivity index (χ4n) is 3.00. The Labute approximate surface area is 151 Å². The van der Waals surface area contributed by atoms with Crippen molar-refractivity contribution in [3.8, 4) is 0 Å². The molecule has 2 aliphatic rings. The standard InChI is InChI=1S/C20H20N2O4/c1-13-4-6-14(7-5-13)16-11-17(18-3-2-10-25-18)22(21-16)19(23)12-26-20(24)15-8-9-15/h2-7,10,15,17H,8-9,11-12H2,1H3/t17-/m1/s1. The average Bonchev–Trinajstić information content (AvgIpc) is 3.18. The van der Waals surface area contributed by atoms with E-state index >= 15 is 0 Å². The van der Waals surface area contributed by atoms with Crippen LogP contribution in [0.15, 0.2) is 52.2 Å². The second-order valence-corrected chi connectivity index (χ2v) is 6.77. The van der Waals surface area contributed by atoms with Crippen molar-refractivity contribution < 1.29 is 18.7 Å². The Morgan fingerprint density at radius 3 is 2.65 bits per heavy atom. The largest absolute Gasteiger partial charge is 0.467 e. The number of hydrazone groups is 1. The summed E-state index contributed by atoms with van der Waals surface area (Å²) in [6.07, 6.45) is 3.83. The van der Waals surface area contributed by atoms with Crippen LogP contribution in [0.1, 0.15) is 42.2 Å². The van der Waals surface area contributed by atoms with Gasteiger partial charge in [0.2, 0.25) is 0 Å². The highest BCUT2D eigenvalue weighted by Gasteiger charge is 2.36. The molecule has 1 saturated carbocycles. The molecule has 1 atom stereocenters. The first-order valence-electron chi connectivity index (χ1n) is 8.78. The van der Waals surface area contributed by atoms with Crippen LogP contribution in [-0.2, 0) is 14.3 Å². The van der Waals surface area contributed by atoms with Crippen LogP contribution in [0, 0.1) is 12.8 Å². The van der Waals surface area contributed by atoms with Crippen molar-refractivity contribution in [1.29, 1.82) is 0 Å². The summed E-state index contributed by atoms with van der Waals surface area (Å²) in [7, 11) is 0. The minimum atomic E-state index is -0.345. The number of rotatable bonds is 5. The van der Waals surface area contributed by atoms with Gasteiger partial charge >= 0.3 is 5.97 Å². The summed E-state index contributed by atoms with van der Waals surface area (Å²) in [6, 6.07) is 11.3. The van der Waals surface area contributed by atoms with Crippen molar-refractivity contribution in [3.63, 3.8) is 0 Å². The molecule has 0 N–H and O–H groups in total. The Hall–Kier alpha value is -2.89. The van der Waals surface area contributed by atoms with Gasteiger partial charge in [-0.3, -0.25) is 9.59 Å². The van der Waals surface area contributed by atoms with Gasteiger partial charge in [0, 0.05) is 6.42 Å². The summed E-state index contributed by atoms with van der Waals surface area (Å²) in [5.41, 5.74) is 2.94. The first-order chi connectivity index (χ1) is 12.6. The molecule has 2 aromatic rings. The number of furan rings is 1. The van der Waals surface area contributed by atoms with Crippen LogP contribution in [-0.4, -0.2) is 29.2 Å². The maximum Gasteiger partial charge on any atom is 0.309 e. The van der Waals surface area contributed by atoms with Crippen molar-refractivity contribution in [2.75, 3.05) is 6.61 Å².